The maximum absolute atomic E-state index is 9.41. The molecule has 6 heteroatoms. The van der Waals surface area contributed by atoms with Gasteiger partial charge < -0.3 is 14.6 Å². The number of thiazole rings is 1. The fourth-order valence-electron chi connectivity index (χ4n) is 2.36. The van der Waals surface area contributed by atoms with Crippen LogP contribution in [0.5, 0.6) is 5.75 Å². The standard InChI is InChI=1S/C19H20N4OS/c1-22(2)16-8-4-14(5-9-16)12-20-21-19-23(3)18(13-25-19)15-6-10-17(24)11-7-15/h4-13,24H,1-3H3. The van der Waals surface area contributed by atoms with Crippen molar-refractivity contribution in [3.8, 4) is 17.0 Å². The predicted molar refractivity (Wildman–Crippen MR) is 104 cm³/mol. The summed E-state index contributed by atoms with van der Waals surface area (Å²) >= 11 is 1.53. The molecule has 0 radical (unpaired) electrons. The Labute approximate surface area is 150 Å². The molecule has 2 aromatic carbocycles. The molecule has 0 unspecified atom stereocenters. The third-order valence-electron chi connectivity index (χ3n) is 3.85. The SMILES string of the molecule is CN(C)c1ccc(C=NN=c2scc(-c3ccc(O)cc3)n2C)cc1. The van der Waals surface area contributed by atoms with Crippen molar-refractivity contribution in [1.29, 1.82) is 0 Å². The molecule has 0 saturated carbocycles. The third-order valence-corrected chi connectivity index (χ3v) is 4.75. The van der Waals surface area contributed by atoms with Gasteiger partial charge in [-0.1, -0.05) is 12.1 Å². The van der Waals surface area contributed by atoms with Crippen LogP contribution >= 0.6 is 11.3 Å². The van der Waals surface area contributed by atoms with Crippen LogP contribution in [0.3, 0.4) is 0 Å². The lowest BCUT2D eigenvalue weighted by Gasteiger charge is -2.11. The Morgan fingerprint density at radius 1 is 1.04 bits per heavy atom. The zero-order chi connectivity index (χ0) is 17.8. The molecule has 1 aromatic heterocycles. The highest BCUT2D eigenvalue weighted by molar-refractivity contribution is 7.07. The average Bonchev–Trinajstić information content (AvgIpc) is 2.97. The average molecular weight is 352 g/mol. The van der Waals surface area contributed by atoms with Gasteiger partial charge in [0.1, 0.15) is 5.75 Å². The molecule has 0 atom stereocenters. The summed E-state index contributed by atoms with van der Waals surface area (Å²) in [5.74, 6) is 0.261. The summed E-state index contributed by atoms with van der Waals surface area (Å²) in [6.45, 7) is 0. The van der Waals surface area contributed by atoms with Crippen molar-refractivity contribution in [2.75, 3.05) is 19.0 Å². The Kier molecular flexibility index (Phi) is 5.00. The number of benzene rings is 2. The number of hydrogen-bond acceptors (Lipinski definition) is 5. The lowest BCUT2D eigenvalue weighted by molar-refractivity contribution is 0.475. The van der Waals surface area contributed by atoms with Gasteiger partial charge in [0.25, 0.3) is 0 Å². The van der Waals surface area contributed by atoms with E-state index in [2.05, 4.69) is 27.2 Å². The quantitative estimate of drug-likeness (QED) is 0.577. The molecule has 0 amide bonds. The van der Waals surface area contributed by atoms with Gasteiger partial charge in [-0.05, 0) is 47.5 Å². The number of phenols is 1. The zero-order valence-electron chi connectivity index (χ0n) is 14.4. The fraction of sp³-hybridized carbons (Fsp3) is 0.158. The van der Waals surface area contributed by atoms with E-state index < -0.39 is 0 Å². The molecule has 0 fully saturated rings. The molecule has 1 N–H and O–H groups in total. The smallest absolute Gasteiger partial charge is 0.210 e. The van der Waals surface area contributed by atoms with E-state index in [1.165, 1.54) is 11.3 Å². The summed E-state index contributed by atoms with van der Waals surface area (Å²) < 4.78 is 1.99. The van der Waals surface area contributed by atoms with Gasteiger partial charge in [0.05, 0.1) is 11.9 Å². The highest BCUT2D eigenvalue weighted by atomic mass is 32.1. The minimum atomic E-state index is 0.261. The summed E-state index contributed by atoms with van der Waals surface area (Å²) in [5, 5.41) is 20.0. The zero-order valence-corrected chi connectivity index (χ0v) is 15.2. The van der Waals surface area contributed by atoms with Crippen LogP contribution < -0.4 is 9.70 Å². The number of aromatic hydroxyl groups is 1. The van der Waals surface area contributed by atoms with Crippen LogP contribution in [0, 0.1) is 0 Å². The molecule has 5 nitrogen and oxygen atoms in total. The van der Waals surface area contributed by atoms with Crippen LogP contribution in [0.4, 0.5) is 5.69 Å². The second-order valence-electron chi connectivity index (χ2n) is 5.84. The molecule has 0 aliphatic heterocycles. The van der Waals surface area contributed by atoms with E-state index in [1.807, 2.05) is 55.4 Å². The molecular formula is C19H20N4OS. The summed E-state index contributed by atoms with van der Waals surface area (Å²) in [5.41, 5.74) is 4.22. The maximum Gasteiger partial charge on any atom is 0.210 e. The van der Waals surface area contributed by atoms with Crippen LogP contribution in [0.2, 0.25) is 0 Å². The first kappa shape index (κ1) is 17.0. The maximum atomic E-state index is 9.41. The van der Waals surface area contributed by atoms with E-state index in [0.717, 1.165) is 27.3 Å². The largest absolute Gasteiger partial charge is 0.508 e. The van der Waals surface area contributed by atoms with Crippen molar-refractivity contribution in [2.45, 2.75) is 0 Å². The van der Waals surface area contributed by atoms with Crippen LogP contribution in [0.25, 0.3) is 11.3 Å². The van der Waals surface area contributed by atoms with Crippen molar-refractivity contribution in [1.82, 2.24) is 4.57 Å². The molecule has 25 heavy (non-hydrogen) atoms. The van der Waals surface area contributed by atoms with Gasteiger partial charge in [0, 0.05) is 32.2 Å². The molecule has 3 rings (SSSR count). The number of anilines is 1. The number of hydrogen-bond donors (Lipinski definition) is 1. The minimum absolute atomic E-state index is 0.261. The predicted octanol–water partition coefficient (Wildman–Crippen LogP) is 3.46. The second kappa shape index (κ2) is 7.36. The Morgan fingerprint density at radius 2 is 1.72 bits per heavy atom. The van der Waals surface area contributed by atoms with Gasteiger partial charge in [-0.25, -0.2) is 0 Å². The van der Waals surface area contributed by atoms with Gasteiger partial charge in [0.15, 0.2) is 0 Å². The van der Waals surface area contributed by atoms with Crippen LogP contribution in [-0.4, -0.2) is 30.0 Å². The molecule has 0 spiro atoms. The van der Waals surface area contributed by atoms with Crippen molar-refractivity contribution in [2.24, 2.45) is 17.3 Å². The highest BCUT2D eigenvalue weighted by Gasteiger charge is 2.04. The Bertz CT molecular complexity index is 935. The van der Waals surface area contributed by atoms with Gasteiger partial charge in [-0.3, -0.25) is 0 Å². The lowest BCUT2D eigenvalue weighted by Crippen LogP contribution is -2.10. The third kappa shape index (κ3) is 3.97. The minimum Gasteiger partial charge on any atom is -0.508 e. The summed E-state index contributed by atoms with van der Waals surface area (Å²) in [6.07, 6.45) is 1.75. The van der Waals surface area contributed by atoms with E-state index in [4.69, 9.17) is 0 Å². The first-order valence-electron chi connectivity index (χ1n) is 7.83. The number of aromatic nitrogens is 1. The Balaban J connectivity index is 1.81. The summed E-state index contributed by atoms with van der Waals surface area (Å²) in [4.78, 5) is 2.87. The Hall–Kier alpha value is -2.86. The fourth-order valence-corrected chi connectivity index (χ4v) is 3.22. The summed E-state index contributed by atoms with van der Waals surface area (Å²) in [7, 11) is 5.99. The van der Waals surface area contributed by atoms with Gasteiger partial charge >= 0.3 is 0 Å². The number of nitrogens with zero attached hydrogens (tertiary/aromatic N) is 4. The highest BCUT2D eigenvalue weighted by Crippen LogP contribution is 2.21. The monoisotopic (exact) mass is 352 g/mol. The van der Waals surface area contributed by atoms with Crippen molar-refractivity contribution in [3.05, 3.63) is 64.3 Å². The first-order valence-corrected chi connectivity index (χ1v) is 8.71. The van der Waals surface area contributed by atoms with Gasteiger partial charge in [0.2, 0.25) is 4.80 Å². The molecule has 0 bridgehead atoms. The molecule has 0 saturated heterocycles. The van der Waals surface area contributed by atoms with Crippen molar-refractivity contribution in [3.63, 3.8) is 0 Å². The number of rotatable bonds is 4. The lowest BCUT2D eigenvalue weighted by atomic mass is 10.2. The number of phenolic OH excluding ortho intramolecular Hbond substituents is 1. The molecule has 128 valence electrons. The van der Waals surface area contributed by atoms with Crippen molar-refractivity contribution < 1.29 is 5.11 Å². The van der Waals surface area contributed by atoms with Crippen LogP contribution in [0.15, 0.2) is 64.1 Å². The summed E-state index contributed by atoms with van der Waals surface area (Å²) in [6, 6.07) is 15.3. The molecular weight excluding hydrogens is 332 g/mol. The van der Waals surface area contributed by atoms with Gasteiger partial charge in [-0.2, -0.15) is 5.10 Å². The molecule has 0 aliphatic carbocycles. The van der Waals surface area contributed by atoms with Crippen LogP contribution in [-0.2, 0) is 7.05 Å². The van der Waals surface area contributed by atoms with Gasteiger partial charge in [-0.15, -0.1) is 16.4 Å². The Morgan fingerprint density at radius 3 is 2.36 bits per heavy atom. The molecule has 1 heterocycles. The van der Waals surface area contributed by atoms with E-state index in [0.29, 0.717) is 0 Å². The molecule has 0 aliphatic rings. The molecule has 3 aromatic rings. The topological polar surface area (TPSA) is 53.1 Å². The van der Waals surface area contributed by atoms with Crippen LogP contribution in [0.1, 0.15) is 5.56 Å². The van der Waals surface area contributed by atoms with E-state index >= 15 is 0 Å². The second-order valence-corrected chi connectivity index (χ2v) is 6.68. The normalized spacial score (nSPS) is 12.0. The van der Waals surface area contributed by atoms with E-state index in [9.17, 15) is 5.11 Å². The van der Waals surface area contributed by atoms with Crippen molar-refractivity contribution >= 4 is 23.2 Å². The van der Waals surface area contributed by atoms with E-state index in [-0.39, 0.29) is 5.75 Å². The first-order chi connectivity index (χ1) is 12.0. The van der Waals surface area contributed by atoms with E-state index in [1.54, 1.807) is 18.3 Å².